The first-order valence-electron chi connectivity index (χ1n) is 9.59. The van der Waals surface area contributed by atoms with Crippen LogP contribution in [0.15, 0.2) is 18.2 Å². The number of hydrogen-bond donors (Lipinski definition) is 3. The smallest absolute Gasteiger partial charge is 0.161 e. The van der Waals surface area contributed by atoms with Gasteiger partial charge in [0.15, 0.2) is 5.82 Å². The number of fused-ring (bicyclic) bond motifs is 1. The minimum absolute atomic E-state index is 0.0212. The summed E-state index contributed by atoms with van der Waals surface area (Å²) < 4.78 is 11.7. The molecule has 2 aromatic rings. The van der Waals surface area contributed by atoms with Crippen LogP contribution in [0.1, 0.15) is 31.5 Å². The van der Waals surface area contributed by atoms with Crippen molar-refractivity contribution in [2.24, 2.45) is 0 Å². The van der Waals surface area contributed by atoms with Crippen LogP contribution in [0.2, 0.25) is 0 Å². The third-order valence-electron chi connectivity index (χ3n) is 5.59. The molecule has 3 heterocycles. The van der Waals surface area contributed by atoms with Gasteiger partial charge in [-0.3, -0.25) is 0 Å². The molecule has 0 aliphatic carbocycles. The summed E-state index contributed by atoms with van der Waals surface area (Å²) in [6.45, 7) is 6.60. The fraction of sp³-hybridized carbons (Fsp3) is 0.500. The molecule has 0 bridgehead atoms. The summed E-state index contributed by atoms with van der Waals surface area (Å²) in [5.41, 5.74) is 14.9. The maximum absolute atomic E-state index is 9.55. The molecule has 28 heavy (non-hydrogen) atoms. The number of aliphatic hydroxyl groups is 1. The number of ether oxygens (including phenoxy) is 2. The molecule has 0 amide bonds. The maximum Gasteiger partial charge on any atom is 0.161 e. The number of nitrogen functional groups attached to an aromatic ring is 2. The molecule has 0 saturated carbocycles. The highest BCUT2D eigenvalue weighted by Gasteiger charge is 2.41. The highest BCUT2D eigenvalue weighted by Crippen LogP contribution is 2.42. The van der Waals surface area contributed by atoms with Crippen molar-refractivity contribution in [2.45, 2.75) is 38.5 Å². The molecule has 2 atom stereocenters. The van der Waals surface area contributed by atoms with Crippen molar-refractivity contribution in [3.63, 3.8) is 0 Å². The number of rotatable bonds is 4. The zero-order valence-electron chi connectivity index (χ0n) is 16.3. The Bertz CT molecular complexity index is 890. The first-order chi connectivity index (χ1) is 13.4. The molecule has 1 aromatic carbocycles. The Morgan fingerprint density at radius 1 is 1.29 bits per heavy atom. The average Bonchev–Trinajstić information content (AvgIpc) is 3.01. The van der Waals surface area contributed by atoms with Crippen molar-refractivity contribution in [1.29, 1.82) is 0 Å². The van der Waals surface area contributed by atoms with Gasteiger partial charge in [0.1, 0.15) is 11.4 Å². The summed E-state index contributed by atoms with van der Waals surface area (Å²) in [6.07, 6.45) is 0.471. The molecule has 1 unspecified atom stereocenters. The lowest BCUT2D eigenvalue weighted by atomic mass is 9.96. The van der Waals surface area contributed by atoms with Gasteiger partial charge >= 0.3 is 0 Å². The fourth-order valence-corrected chi connectivity index (χ4v) is 3.87. The predicted octanol–water partition coefficient (Wildman–Crippen LogP) is 1.66. The molecule has 8 nitrogen and oxygen atoms in total. The number of benzene rings is 1. The lowest BCUT2D eigenvalue weighted by Crippen LogP contribution is -2.44. The van der Waals surface area contributed by atoms with Gasteiger partial charge in [0.05, 0.1) is 42.9 Å². The van der Waals surface area contributed by atoms with Crippen LogP contribution in [-0.4, -0.2) is 47.5 Å². The van der Waals surface area contributed by atoms with Gasteiger partial charge in [0.25, 0.3) is 0 Å². The maximum atomic E-state index is 9.55. The van der Waals surface area contributed by atoms with Crippen molar-refractivity contribution in [3.05, 3.63) is 29.5 Å². The minimum Gasteiger partial charge on any atom is -0.397 e. The number of aromatic nitrogens is 2. The number of morpholine rings is 1. The van der Waals surface area contributed by atoms with E-state index in [1.807, 2.05) is 13.0 Å². The monoisotopic (exact) mass is 385 g/mol. The van der Waals surface area contributed by atoms with E-state index in [-0.39, 0.29) is 12.6 Å². The Balaban J connectivity index is 1.88. The fourth-order valence-electron chi connectivity index (χ4n) is 3.87. The lowest BCUT2D eigenvalue weighted by molar-refractivity contribution is -0.0410. The Hall–Kier alpha value is -2.42. The largest absolute Gasteiger partial charge is 0.397 e. The van der Waals surface area contributed by atoms with Gasteiger partial charge in [-0.1, -0.05) is 0 Å². The van der Waals surface area contributed by atoms with Gasteiger partial charge in [0, 0.05) is 30.7 Å². The zero-order chi connectivity index (χ0) is 19.9. The van der Waals surface area contributed by atoms with E-state index in [4.69, 9.17) is 30.9 Å². The van der Waals surface area contributed by atoms with Crippen LogP contribution in [0.4, 0.5) is 17.2 Å². The first-order valence-corrected chi connectivity index (χ1v) is 9.59. The SMILES string of the molecule is C[C@H]1COCCN1c1nc(-c2ccc(N)c(N)c2)nc2c1COC2(C)CCO. The number of anilines is 3. The second-order valence-electron chi connectivity index (χ2n) is 7.65. The van der Waals surface area contributed by atoms with Crippen LogP contribution in [0.5, 0.6) is 0 Å². The van der Waals surface area contributed by atoms with Crippen molar-refractivity contribution < 1.29 is 14.6 Å². The highest BCUT2D eigenvalue weighted by atomic mass is 16.5. The van der Waals surface area contributed by atoms with Crippen LogP contribution < -0.4 is 16.4 Å². The zero-order valence-corrected chi connectivity index (χ0v) is 16.3. The molecule has 1 aromatic heterocycles. The van der Waals surface area contributed by atoms with E-state index in [2.05, 4.69) is 11.8 Å². The normalized spacial score (nSPS) is 24.4. The number of aliphatic hydroxyl groups excluding tert-OH is 1. The molecule has 1 fully saturated rings. The molecule has 0 radical (unpaired) electrons. The molecule has 150 valence electrons. The summed E-state index contributed by atoms with van der Waals surface area (Å²) in [5.74, 6) is 1.45. The standard InChI is InChI=1S/C20H27N5O3/c1-12-10-27-8-6-25(12)19-14-11-28-20(2,5-7-26)17(14)23-18(24-19)13-3-4-15(21)16(22)9-13/h3-4,9,12,26H,5-8,10-11,21-22H2,1-2H3/t12-,20?/m0/s1. The van der Waals surface area contributed by atoms with Gasteiger partial charge in [-0.2, -0.15) is 0 Å². The molecule has 4 rings (SSSR count). The molecular formula is C20H27N5O3. The quantitative estimate of drug-likeness (QED) is 0.680. The Labute approximate surface area is 164 Å². The van der Waals surface area contributed by atoms with Crippen molar-refractivity contribution in [2.75, 3.05) is 42.7 Å². The number of nitrogens with zero attached hydrogens (tertiary/aromatic N) is 3. The Morgan fingerprint density at radius 3 is 2.82 bits per heavy atom. The summed E-state index contributed by atoms with van der Waals surface area (Å²) in [4.78, 5) is 12.0. The summed E-state index contributed by atoms with van der Waals surface area (Å²) in [5, 5.41) is 9.55. The molecule has 0 spiro atoms. The van der Waals surface area contributed by atoms with Gasteiger partial charge in [-0.15, -0.1) is 0 Å². The Kier molecular flexibility index (Phi) is 4.86. The van der Waals surface area contributed by atoms with Crippen LogP contribution in [0, 0.1) is 0 Å². The lowest BCUT2D eigenvalue weighted by Gasteiger charge is -2.35. The van der Waals surface area contributed by atoms with E-state index in [1.165, 1.54) is 0 Å². The van der Waals surface area contributed by atoms with Gasteiger partial charge < -0.3 is 30.9 Å². The Morgan fingerprint density at radius 2 is 2.11 bits per heavy atom. The second-order valence-corrected chi connectivity index (χ2v) is 7.65. The average molecular weight is 385 g/mol. The van der Waals surface area contributed by atoms with Gasteiger partial charge in [-0.05, 0) is 32.0 Å². The summed E-state index contributed by atoms with van der Waals surface area (Å²) >= 11 is 0. The molecular weight excluding hydrogens is 358 g/mol. The van der Waals surface area contributed by atoms with E-state index in [9.17, 15) is 5.11 Å². The van der Waals surface area contributed by atoms with Gasteiger partial charge in [-0.25, -0.2) is 9.97 Å². The van der Waals surface area contributed by atoms with Crippen molar-refractivity contribution >= 4 is 17.2 Å². The second kappa shape index (κ2) is 7.20. The van der Waals surface area contributed by atoms with E-state index >= 15 is 0 Å². The molecule has 2 aliphatic rings. The molecule has 2 aliphatic heterocycles. The highest BCUT2D eigenvalue weighted by molar-refractivity contribution is 5.72. The summed E-state index contributed by atoms with van der Waals surface area (Å²) in [6, 6.07) is 5.63. The number of hydrogen-bond acceptors (Lipinski definition) is 8. The van der Waals surface area contributed by atoms with Crippen molar-refractivity contribution in [1.82, 2.24) is 9.97 Å². The van der Waals surface area contributed by atoms with Crippen LogP contribution in [0.3, 0.4) is 0 Å². The van der Waals surface area contributed by atoms with Crippen LogP contribution in [0.25, 0.3) is 11.4 Å². The molecule has 5 N–H and O–H groups in total. The summed E-state index contributed by atoms with van der Waals surface area (Å²) in [7, 11) is 0. The molecule has 8 heteroatoms. The first kappa shape index (κ1) is 18.9. The van der Waals surface area contributed by atoms with E-state index in [0.29, 0.717) is 43.4 Å². The minimum atomic E-state index is -0.647. The van der Waals surface area contributed by atoms with Crippen LogP contribution >= 0.6 is 0 Å². The van der Waals surface area contributed by atoms with Crippen LogP contribution in [-0.2, 0) is 21.7 Å². The van der Waals surface area contributed by atoms with Gasteiger partial charge in [0.2, 0.25) is 0 Å². The third-order valence-corrected chi connectivity index (χ3v) is 5.59. The third kappa shape index (κ3) is 3.17. The van der Waals surface area contributed by atoms with Crippen molar-refractivity contribution in [3.8, 4) is 11.4 Å². The number of nitrogens with two attached hydrogens (primary N) is 2. The van der Waals surface area contributed by atoms with E-state index in [1.54, 1.807) is 12.1 Å². The van der Waals surface area contributed by atoms with E-state index < -0.39 is 5.60 Å². The molecule has 1 saturated heterocycles. The predicted molar refractivity (Wildman–Crippen MR) is 108 cm³/mol. The van der Waals surface area contributed by atoms with E-state index in [0.717, 1.165) is 29.2 Å². The topological polar surface area (TPSA) is 120 Å².